The second-order valence-corrected chi connectivity index (χ2v) is 8.20. The minimum Gasteiger partial charge on any atom is -0.382 e. The van der Waals surface area contributed by atoms with E-state index in [1.54, 1.807) is 0 Å². The summed E-state index contributed by atoms with van der Waals surface area (Å²) >= 11 is 1.45. The Morgan fingerprint density at radius 2 is 1.75 bits per heavy atom. The third-order valence-electron chi connectivity index (χ3n) is 5.06. The first-order chi connectivity index (χ1) is 15.7. The standard InChI is InChI=1S/C24H20N6OS/c25-22-21-18(10-11-32-21)28-23(30-22)24(31)29-20-12-16-8-4-5-9-17(16)19(27-20)14-26-13-15-6-2-1-3-7-15/h1-12,26H,13-14H2,(H2,25,28,30)(H,27,29,31). The summed E-state index contributed by atoms with van der Waals surface area (Å²) in [6.07, 6.45) is 0. The van der Waals surface area contributed by atoms with Gasteiger partial charge in [-0.25, -0.2) is 15.0 Å². The number of aromatic nitrogens is 3. The zero-order valence-corrected chi connectivity index (χ0v) is 17.9. The number of hydrogen-bond donors (Lipinski definition) is 3. The van der Waals surface area contributed by atoms with Crippen LogP contribution in [0.25, 0.3) is 21.0 Å². The molecule has 0 saturated carbocycles. The first-order valence-corrected chi connectivity index (χ1v) is 11.0. The van der Waals surface area contributed by atoms with Crippen molar-refractivity contribution >= 4 is 49.9 Å². The van der Waals surface area contributed by atoms with Crippen LogP contribution >= 0.6 is 11.3 Å². The van der Waals surface area contributed by atoms with Gasteiger partial charge in [-0.05, 0) is 28.5 Å². The van der Waals surface area contributed by atoms with Crippen molar-refractivity contribution in [3.8, 4) is 0 Å². The van der Waals surface area contributed by atoms with Gasteiger partial charge in [0.05, 0.1) is 15.9 Å². The second-order valence-electron chi connectivity index (χ2n) is 7.29. The first-order valence-electron chi connectivity index (χ1n) is 10.1. The molecule has 0 spiro atoms. The summed E-state index contributed by atoms with van der Waals surface area (Å²) in [5.41, 5.74) is 8.69. The zero-order chi connectivity index (χ0) is 21.9. The third-order valence-corrected chi connectivity index (χ3v) is 5.98. The fourth-order valence-corrected chi connectivity index (χ4v) is 4.28. The smallest absolute Gasteiger partial charge is 0.294 e. The Balaban J connectivity index is 1.40. The molecular weight excluding hydrogens is 420 g/mol. The van der Waals surface area contributed by atoms with Gasteiger partial charge >= 0.3 is 0 Å². The fourth-order valence-electron chi connectivity index (χ4n) is 3.55. The topological polar surface area (TPSA) is 106 Å². The van der Waals surface area contributed by atoms with Gasteiger partial charge in [-0.1, -0.05) is 54.6 Å². The molecule has 0 unspecified atom stereocenters. The number of amides is 1. The average molecular weight is 441 g/mol. The number of carbonyl (C=O) groups excluding carboxylic acids is 1. The van der Waals surface area contributed by atoms with Crippen molar-refractivity contribution in [1.29, 1.82) is 0 Å². The zero-order valence-electron chi connectivity index (χ0n) is 17.1. The lowest BCUT2D eigenvalue weighted by molar-refractivity contribution is 0.101. The number of nitrogens with two attached hydrogens (primary N) is 1. The number of hydrogen-bond acceptors (Lipinski definition) is 7. The largest absolute Gasteiger partial charge is 0.382 e. The van der Waals surface area contributed by atoms with Crippen LogP contribution in [0.15, 0.2) is 72.1 Å². The first kappa shape index (κ1) is 20.0. The van der Waals surface area contributed by atoms with E-state index < -0.39 is 5.91 Å². The lowest BCUT2D eigenvalue weighted by Gasteiger charge is -2.11. The molecule has 0 aliphatic heterocycles. The van der Waals surface area contributed by atoms with Gasteiger partial charge in [0.15, 0.2) is 0 Å². The molecule has 3 aromatic heterocycles. The number of benzene rings is 2. The van der Waals surface area contributed by atoms with E-state index in [2.05, 4.69) is 32.7 Å². The maximum absolute atomic E-state index is 12.8. The lowest BCUT2D eigenvalue weighted by atomic mass is 10.1. The van der Waals surface area contributed by atoms with Gasteiger partial charge in [0.25, 0.3) is 5.91 Å². The number of nitrogens with one attached hydrogen (secondary N) is 2. The highest BCUT2D eigenvalue weighted by molar-refractivity contribution is 7.17. The van der Waals surface area contributed by atoms with Crippen molar-refractivity contribution in [2.45, 2.75) is 13.1 Å². The van der Waals surface area contributed by atoms with Gasteiger partial charge in [0.2, 0.25) is 5.82 Å². The van der Waals surface area contributed by atoms with Gasteiger partial charge in [-0.3, -0.25) is 4.79 Å². The Labute approximate surface area is 188 Å². The Bertz CT molecular complexity index is 1420. The molecule has 32 heavy (non-hydrogen) atoms. The monoisotopic (exact) mass is 440 g/mol. The molecule has 0 atom stereocenters. The predicted octanol–water partition coefficient (Wildman–Crippen LogP) is 4.36. The molecular formula is C24H20N6OS. The SMILES string of the molecule is Nc1nc(C(=O)Nc2cc3ccccc3c(CNCc3ccccc3)n2)nc2ccsc12. The maximum Gasteiger partial charge on any atom is 0.294 e. The van der Waals surface area contributed by atoms with Crippen LogP contribution in [-0.2, 0) is 13.1 Å². The van der Waals surface area contributed by atoms with Gasteiger partial charge in [-0.2, -0.15) is 0 Å². The summed E-state index contributed by atoms with van der Waals surface area (Å²) in [4.78, 5) is 26.0. The lowest BCUT2D eigenvalue weighted by Crippen LogP contribution is -2.19. The van der Waals surface area contributed by atoms with Crippen molar-refractivity contribution in [3.05, 3.63) is 89.2 Å². The highest BCUT2D eigenvalue weighted by Crippen LogP contribution is 2.25. The average Bonchev–Trinajstić information content (AvgIpc) is 3.29. The predicted molar refractivity (Wildman–Crippen MR) is 129 cm³/mol. The Morgan fingerprint density at radius 3 is 2.62 bits per heavy atom. The molecule has 0 saturated heterocycles. The van der Waals surface area contributed by atoms with Crippen LogP contribution in [0.4, 0.5) is 11.6 Å². The van der Waals surface area contributed by atoms with Crippen LogP contribution < -0.4 is 16.4 Å². The molecule has 0 bridgehead atoms. The Kier molecular flexibility index (Phi) is 5.45. The molecule has 0 fully saturated rings. The highest BCUT2D eigenvalue weighted by atomic mass is 32.1. The van der Waals surface area contributed by atoms with Gasteiger partial charge in [0, 0.05) is 18.5 Å². The minimum atomic E-state index is -0.448. The van der Waals surface area contributed by atoms with Crippen LogP contribution in [0.2, 0.25) is 0 Å². The minimum absolute atomic E-state index is 0.0205. The van der Waals surface area contributed by atoms with E-state index in [0.29, 0.717) is 23.7 Å². The van der Waals surface area contributed by atoms with E-state index in [1.165, 1.54) is 16.9 Å². The van der Waals surface area contributed by atoms with E-state index >= 15 is 0 Å². The third kappa shape index (κ3) is 4.14. The Hall–Kier alpha value is -3.88. The molecule has 5 rings (SSSR count). The van der Waals surface area contributed by atoms with Crippen LogP contribution in [-0.4, -0.2) is 20.9 Å². The number of pyridine rings is 1. The van der Waals surface area contributed by atoms with Crippen molar-refractivity contribution in [1.82, 2.24) is 20.3 Å². The summed E-state index contributed by atoms with van der Waals surface area (Å²) in [7, 11) is 0. The molecule has 5 aromatic rings. The number of thiophene rings is 1. The van der Waals surface area contributed by atoms with Crippen molar-refractivity contribution in [2.24, 2.45) is 0 Å². The maximum atomic E-state index is 12.8. The van der Waals surface area contributed by atoms with Crippen LogP contribution in [0, 0.1) is 0 Å². The van der Waals surface area contributed by atoms with Gasteiger partial charge < -0.3 is 16.4 Å². The summed E-state index contributed by atoms with van der Waals surface area (Å²) in [6.45, 7) is 1.28. The molecule has 0 radical (unpaired) electrons. The molecule has 7 nitrogen and oxygen atoms in total. The fraction of sp³-hybridized carbons (Fsp3) is 0.0833. The van der Waals surface area contributed by atoms with Gasteiger partial charge in [0.1, 0.15) is 11.6 Å². The molecule has 4 N–H and O–H groups in total. The van der Waals surface area contributed by atoms with Crippen molar-refractivity contribution < 1.29 is 4.79 Å². The quantitative estimate of drug-likeness (QED) is 0.362. The van der Waals surface area contributed by atoms with Crippen LogP contribution in [0.3, 0.4) is 0 Å². The molecule has 8 heteroatoms. The Morgan fingerprint density at radius 1 is 0.938 bits per heavy atom. The normalized spacial score (nSPS) is 11.1. The summed E-state index contributed by atoms with van der Waals surface area (Å²) in [5, 5.41) is 10.2. The number of anilines is 2. The molecule has 2 aromatic carbocycles. The van der Waals surface area contributed by atoms with E-state index in [-0.39, 0.29) is 5.82 Å². The van der Waals surface area contributed by atoms with Crippen molar-refractivity contribution in [3.63, 3.8) is 0 Å². The summed E-state index contributed by atoms with van der Waals surface area (Å²) in [6, 6.07) is 21.8. The molecule has 158 valence electrons. The van der Waals surface area contributed by atoms with E-state index in [9.17, 15) is 4.79 Å². The molecule has 0 aliphatic rings. The van der Waals surface area contributed by atoms with E-state index in [4.69, 9.17) is 10.7 Å². The number of nitrogen functional groups attached to an aromatic ring is 1. The number of nitrogens with zero attached hydrogens (tertiary/aromatic N) is 3. The highest BCUT2D eigenvalue weighted by Gasteiger charge is 2.15. The number of carbonyl (C=O) groups is 1. The van der Waals surface area contributed by atoms with E-state index in [0.717, 1.165) is 27.7 Å². The van der Waals surface area contributed by atoms with Crippen molar-refractivity contribution in [2.75, 3.05) is 11.1 Å². The van der Waals surface area contributed by atoms with Crippen LogP contribution in [0.1, 0.15) is 21.9 Å². The second kappa shape index (κ2) is 8.70. The summed E-state index contributed by atoms with van der Waals surface area (Å²) in [5.74, 6) is 0.313. The number of rotatable bonds is 6. The van der Waals surface area contributed by atoms with Gasteiger partial charge in [-0.15, -0.1) is 11.3 Å². The molecule has 3 heterocycles. The van der Waals surface area contributed by atoms with E-state index in [1.807, 2.05) is 60.0 Å². The summed E-state index contributed by atoms with van der Waals surface area (Å²) < 4.78 is 0.775. The molecule has 0 aliphatic carbocycles. The molecule has 1 amide bonds. The number of fused-ring (bicyclic) bond motifs is 2. The van der Waals surface area contributed by atoms with Crippen LogP contribution in [0.5, 0.6) is 0 Å².